The molecule has 0 amide bonds. The number of fused-ring (bicyclic) bond motifs is 4. The molecule has 5 unspecified atom stereocenters. The molecule has 166 valence electrons. The summed E-state index contributed by atoms with van der Waals surface area (Å²) in [5.41, 5.74) is 4.65. The molecule has 1 saturated carbocycles. The maximum atomic E-state index is 11.3. The van der Waals surface area contributed by atoms with Crippen molar-refractivity contribution in [3.63, 3.8) is 0 Å². The maximum Gasteiger partial charge on any atom is 0.270 e. The highest BCUT2D eigenvalue weighted by molar-refractivity contribution is 5.87. The maximum absolute atomic E-state index is 11.3. The van der Waals surface area contributed by atoms with Crippen LogP contribution >= 0.6 is 0 Å². The van der Waals surface area contributed by atoms with Crippen LogP contribution < -0.4 is 0 Å². The van der Waals surface area contributed by atoms with Crippen molar-refractivity contribution in [2.45, 2.75) is 37.8 Å². The van der Waals surface area contributed by atoms with Crippen LogP contribution in [-0.2, 0) is 12.8 Å². The van der Waals surface area contributed by atoms with Crippen LogP contribution in [0.5, 0.6) is 5.75 Å². The molecule has 0 radical (unpaired) electrons. The molecule has 1 aliphatic heterocycles. The fourth-order valence-electron chi connectivity index (χ4n) is 6.18. The number of aliphatic hydroxyl groups excluding tert-OH is 1. The van der Waals surface area contributed by atoms with Gasteiger partial charge in [0.25, 0.3) is 5.69 Å². The summed E-state index contributed by atoms with van der Waals surface area (Å²) in [6.45, 7) is 1.92. The highest BCUT2D eigenvalue weighted by Gasteiger charge is 2.47. The van der Waals surface area contributed by atoms with E-state index in [-0.39, 0.29) is 34.4 Å². The summed E-state index contributed by atoms with van der Waals surface area (Å²) in [5, 5.41) is 32.5. The van der Waals surface area contributed by atoms with Crippen LogP contribution in [0, 0.1) is 27.9 Å². The van der Waals surface area contributed by atoms with E-state index < -0.39 is 0 Å². The Kier molecular flexibility index (Phi) is 4.52. The summed E-state index contributed by atoms with van der Waals surface area (Å²) >= 11 is 0. The summed E-state index contributed by atoms with van der Waals surface area (Å²) < 4.78 is 0. The molecule has 7 heteroatoms. The summed E-state index contributed by atoms with van der Waals surface area (Å²) in [6.07, 6.45) is 3.53. The number of aromatic hydroxyl groups is 1. The number of hydrogen-bond acceptors (Lipinski definition) is 5. The second-order valence-corrected chi connectivity index (χ2v) is 9.79. The number of benzene rings is 2. The van der Waals surface area contributed by atoms with Gasteiger partial charge in [-0.3, -0.25) is 15.0 Å². The van der Waals surface area contributed by atoms with Crippen molar-refractivity contribution in [1.29, 1.82) is 0 Å². The first-order valence-corrected chi connectivity index (χ1v) is 11.5. The molecule has 2 fully saturated rings. The minimum absolute atomic E-state index is 0.114. The zero-order valence-corrected chi connectivity index (χ0v) is 17.8. The first-order chi connectivity index (χ1) is 15.5. The molecule has 3 aromatic rings. The Hall–Kier alpha value is -2.90. The molecule has 32 heavy (non-hydrogen) atoms. The van der Waals surface area contributed by atoms with E-state index in [9.17, 15) is 20.3 Å². The van der Waals surface area contributed by atoms with Crippen molar-refractivity contribution >= 4 is 16.6 Å². The number of nitrogens with one attached hydrogen (secondary N) is 1. The third kappa shape index (κ3) is 3.27. The van der Waals surface area contributed by atoms with Gasteiger partial charge in [0.05, 0.1) is 11.0 Å². The van der Waals surface area contributed by atoms with E-state index in [1.165, 1.54) is 11.3 Å². The van der Waals surface area contributed by atoms with Gasteiger partial charge in [0.1, 0.15) is 5.75 Å². The molecule has 0 bridgehead atoms. The summed E-state index contributed by atoms with van der Waals surface area (Å²) in [4.78, 5) is 17.0. The van der Waals surface area contributed by atoms with Crippen LogP contribution in [0.15, 0.2) is 42.5 Å². The Balaban J connectivity index is 1.30. The lowest BCUT2D eigenvalue weighted by atomic mass is 9.73. The van der Waals surface area contributed by atoms with Crippen molar-refractivity contribution in [3.05, 3.63) is 69.4 Å². The van der Waals surface area contributed by atoms with E-state index in [2.05, 4.69) is 16.0 Å². The Morgan fingerprint density at radius 1 is 1.16 bits per heavy atom. The number of nitrogens with zero attached hydrogens (tertiary/aromatic N) is 2. The molecule has 3 N–H and O–H groups in total. The molecule has 0 spiro atoms. The van der Waals surface area contributed by atoms with E-state index in [1.54, 1.807) is 18.2 Å². The highest BCUT2D eigenvalue weighted by atomic mass is 16.6. The number of phenols is 1. The second-order valence-electron chi connectivity index (χ2n) is 9.79. The molecule has 2 heterocycles. The number of aliphatic hydroxyl groups is 1. The first kappa shape index (κ1) is 19.8. The largest absolute Gasteiger partial charge is 0.508 e. The number of nitro groups is 1. The minimum atomic E-state index is -0.326. The smallest absolute Gasteiger partial charge is 0.270 e. The van der Waals surface area contributed by atoms with Crippen molar-refractivity contribution in [2.24, 2.45) is 17.8 Å². The predicted octanol–water partition coefficient (Wildman–Crippen LogP) is 3.94. The van der Waals surface area contributed by atoms with Crippen LogP contribution in [0.4, 0.5) is 5.69 Å². The Labute approximate surface area is 185 Å². The molecule has 5 atom stereocenters. The second kappa shape index (κ2) is 7.32. The Bertz CT molecular complexity index is 1210. The van der Waals surface area contributed by atoms with E-state index in [0.29, 0.717) is 11.8 Å². The van der Waals surface area contributed by atoms with Gasteiger partial charge in [-0.25, -0.2) is 0 Å². The molecule has 1 aromatic heterocycles. The van der Waals surface area contributed by atoms with Gasteiger partial charge < -0.3 is 15.2 Å². The molecular formula is C25H27N3O4. The van der Waals surface area contributed by atoms with E-state index >= 15 is 0 Å². The zero-order chi connectivity index (χ0) is 22.0. The number of rotatable bonds is 4. The molecule has 1 saturated heterocycles. The average molecular weight is 434 g/mol. The van der Waals surface area contributed by atoms with Crippen molar-refractivity contribution in [3.8, 4) is 5.75 Å². The third-order valence-electron chi connectivity index (χ3n) is 7.86. The Morgan fingerprint density at radius 2 is 2.00 bits per heavy atom. The summed E-state index contributed by atoms with van der Waals surface area (Å²) in [5.74, 6) is 1.55. The van der Waals surface area contributed by atoms with Crippen LogP contribution in [0.1, 0.15) is 35.7 Å². The van der Waals surface area contributed by atoms with Gasteiger partial charge in [0.15, 0.2) is 0 Å². The van der Waals surface area contributed by atoms with Crippen LogP contribution in [0.3, 0.4) is 0 Å². The minimum Gasteiger partial charge on any atom is -0.508 e. The predicted molar refractivity (Wildman–Crippen MR) is 120 cm³/mol. The van der Waals surface area contributed by atoms with Crippen molar-refractivity contribution in [2.75, 3.05) is 13.1 Å². The molecule has 3 aliphatic rings. The number of piperidine rings is 1. The van der Waals surface area contributed by atoms with Gasteiger partial charge in [0.2, 0.25) is 0 Å². The SMILES string of the molecule is O=[N+]([O-])c1ccc2[nH]c3c(c2c1)CC1CN(C(c2cccc(O)c2)C2CC2O)CCC1C3. The topological polar surface area (TPSA) is 103 Å². The Morgan fingerprint density at radius 3 is 2.75 bits per heavy atom. The summed E-state index contributed by atoms with van der Waals surface area (Å²) in [7, 11) is 0. The molecule has 2 aromatic carbocycles. The number of H-pyrrole nitrogens is 1. The number of hydrogen-bond donors (Lipinski definition) is 3. The first-order valence-electron chi connectivity index (χ1n) is 11.5. The lowest BCUT2D eigenvalue weighted by Crippen LogP contribution is -2.46. The van der Waals surface area contributed by atoms with Crippen LogP contribution in [-0.4, -0.2) is 44.2 Å². The van der Waals surface area contributed by atoms with Gasteiger partial charge in [-0.05, 0) is 73.4 Å². The number of aromatic nitrogens is 1. The standard InChI is InChI=1S/C25H27N3O4/c29-18-3-1-2-15(8-18)25(21-12-24(21)30)27-7-6-14-10-23-19(9-16(14)13-27)20-11-17(28(31)32)4-5-22(20)26-23/h1-5,8,11,14,16,21,24-26,29-30H,6-7,9-10,12-13H2. The van der Waals surface area contributed by atoms with Gasteiger partial charge in [-0.15, -0.1) is 0 Å². The van der Waals surface area contributed by atoms with Gasteiger partial charge in [0, 0.05) is 47.2 Å². The highest BCUT2D eigenvalue weighted by Crippen LogP contribution is 2.48. The quantitative estimate of drug-likeness (QED) is 0.427. The van der Waals surface area contributed by atoms with Crippen LogP contribution in [0.2, 0.25) is 0 Å². The van der Waals surface area contributed by atoms with Gasteiger partial charge in [-0.2, -0.15) is 0 Å². The van der Waals surface area contributed by atoms with Crippen molar-refractivity contribution < 1.29 is 15.1 Å². The number of nitro benzene ring substituents is 1. The number of likely N-dealkylation sites (tertiary alicyclic amines) is 1. The fraction of sp³-hybridized carbons (Fsp3) is 0.440. The zero-order valence-electron chi connectivity index (χ0n) is 17.8. The molecular weight excluding hydrogens is 406 g/mol. The lowest BCUT2D eigenvalue weighted by Gasteiger charge is -2.44. The molecule has 2 aliphatic carbocycles. The van der Waals surface area contributed by atoms with Gasteiger partial charge >= 0.3 is 0 Å². The van der Waals surface area contributed by atoms with E-state index in [1.807, 2.05) is 18.2 Å². The van der Waals surface area contributed by atoms with E-state index in [0.717, 1.165) is 55.2 Å². The normalized spacial score (nSPS) is 28.2. The van der Waals surface area contributed by atoms with Crippen LogP contribution in [0.25, 0.3) is 10.9 Å². The number of aromatic amines is 1. The average Bonchev–Trinajstić information content (AvgIpc) is 3.37. The van der Waals surface area contributed by atoms with Gasteiger partial charge in [-0.1, -0.05) is 12.1 Å². The van der Waals surface area contributed by atoms with Crippen molar-refractivity contribution in [1.82, 2.24) is 9.88 Å². The lowest BCUT2D eigenvalue weighted by molar-refractivity contribution is -0.384. The number of non-ortho nitro benzene ring substituents is 1. The number of phenolic OH excluding ortho intramolecular Hbond substituents is 1. The molecule has 6 rings (SSSR count). The monoisotopic (exact) mass is 433 g/mol. The molecule has 7 nitrogen and oxygen atoms in total. The summed E-state index contributed by atoms with van der Waals surface area (Å²) in [6, 6.07) is 12.7. The fourth-order valence-corrected chi connectivity index (χ4v) is 6.18. The third-order valence-corrected chi connectivity index (χ3v) is 7.86. The van der Waals surface area contributed by atoms with E-state index in [4.69, 9.17) is 0 Å².